The van der Waals surface area contributed by atoms with E-state index < -0.39 is 0 Å². The molecule has 2 atom stereocenters. The van der Waals surface area contributed by atoms with Crippen molar-refractivity contribution >= 4 is 22.8 Å². The molecule has 0 radical (unpaired) electrons. The molecule has 0 N–H and O–H groups in total. The summed E-state index contributed by atoms with van der Waals surface area (Å²) in [6.07, 6.45) is 6.54. The molecule has 2 heterocycles. The van der Waals surface area contributed by atoms with Gasteiger partial charge in [0.25, 0.3) is 0 Å². The summed E-state index contributed by atoms with van der Waals surface area (Å²) in [5.74, 6) is 2.53. The fraction of sp³-hybridized carbons (Fsp3) is 0.600. The number of imidazole rings is 1. The molecule has 4 heteroatoms. The molecule has 102 valence electrons. The normalized spacial score (nSPS) is 22.1. The predicted molar refractivity (Wildman–Crippen MR) is 78.7 cm³/mol. The van der Waals surface area contributed by atoms with Crippen LogP contribution in [0, 0.1) is 12.8 Å². The molecule has 3 rings (SSSR count). The smallest absolute Gasteiger partial charge is 0.160 e. The van der Waals surface area contributed by atoms with Crippen molar-refractivity contribution in [3.05, 3.63) is 23.7 Å². The Morgan fingerprint density at radius 2 is 2.32 bits per heavy atom. The lowest BCUT2D eigenvalue weighted by molar-refractivity contribution is 0.598. The Balaban J connectivity index is 2.05. The van der Waals surface area contributed by atoms with E-state index in [4.69, 9.17) is 16.6 Å². The van der Waals surface area contributed by atoms with Crippen LogP contribution in [-0.4, -0.2) is 20.4 Å². The van der Waals surface area contributed by atoms with Crippen LogP contribution in [0.2, 0.25) is 0 Å². The summed E-state index contributed by atoms with van der Waals surface area (Å²) in [4.78, 5) is 9.33. The fourth-order valence-corrected chi connectivity index (χ4v) is 3.16. The van der Waals surface area contributed by atoms with Gasteiger partial charge in [0.15, 0.2) is 5.65 Å². The lowest BCUT2D eigenvalue weighted by atomic mass is 10.2. The molecule has 0 spiro atoms. The van der Waals surface area contributed by atoms with Gasteiger partial charge in [0.05, 0.1) is 0 Å². The molecule has 0 bridgehead atoms. The lowest BCUT2D eigenvalue weighted by Gasteiger charge is -2.07. The van der Waals surface area contributed by atoms with Crippen molar-refractivity contribution in [2.75, 3.05) is 5.88 Å². The minimum atomic E-state index is 0.595. The second kappa shape index (κ2) is 5.12. The van der Waals surface area contributed by atoms with E-state index in [1.807, 2.05) is 12.3 Å². The minimum Gasteiger partial charge on any atom is -0.309 e. The first-order valence-corrected chi connectivity index (χ1v) is 7.68. The van der Waals surface area contributed by atoms with Crippen LogP contribution in [-0.2, 0) is 6.42 Å². The number of aromatic nitrogens is 3. The van der Waals surface area contributed by atoms with E-state index in [9.17, 15) is 0 Å². The first-order chi connectivity index (χ1) is 9.26. The zero-order valence-corrected chi connectivity index (χ0v) is 12.3. The number of rotatable bonds is 5. The molecule has 0 amide bonds. The first-order valence-electron chi connectivity index (χ1n) is 7.14. The minimum absolute atomic E-state index is 0.595. The van der Waals surface area contributed by atoms with Gasteiger partial charge >= 0.3 is 0 Å². The quantitative estimate of drug-likeness (QED) is 0.777. The van der Waals surface area contributed by atoms with Gasteiger partial charge in [-0.15, -0.1) is 11.6 Å². The fourth-order valence-electron chi connectivity index (χ4n) is 2.99. The zero-order valence-electron chi connectivity index (χ0n) is 11.6. The maximum atomic E-state index is 5.92. The van der Waals surface area contributed by atoms with E-state index in [0.29, 0.717) is 11.9 Å². The molecule has 0 saturated heterocycles. The summed E-state index contributed by atoms with van der Waals surface area (Å²) in [7, 11) is 0. The van der Waals surface area contributed by atoms with Crippen molar-refractivity contribution in [1.82, 2.24) is 14.5 Å². The van der Waals surface area contributed by atoms with E-state index >= 15 is 0 Å². The van der Waals surface area contributed by atoms with Gasteiger partial charge in [0.2, 0.25) is 0 Å². The first kappa shape index (κ1) is 12.9. The van der Waals surface area contributed by atoms with E-state index in [0.717, 1.165) is 29.3 Å². The third-order valence-corrected chi connectivity index (χ3v) is 4.24. The summed E-state index contributed by atoms with van der Waals surface area (Å²) in [6, 6.07) is 2.62. The van der Waals surface area contributed by atoms with Crippen LogP contribution >= 0.6 is 11.6 Å². The number of pyridine rings is 1. The molecular weight excluding hydrogens is 258 g/mol. The topological polar surface area (TPSA) is 30.7 Å². The van der Waals surface area contributed by atoms with Crippen LogP contribution in [0.3, 0.4) is 0 Å². The zero-order chi connectivity index (χ0) is 13.4. The molecule has 2 unspecified atom stereocenters. The largest absolute Gasteiger partial charge is 0.309 e. The van der Waals surface area contributed by atoms with E-state index in [-0.39, 0.29) is 0 Å². The van der Waals surface area contributed by atoms with Crippen molar-refractivity contribution in [2.45, 2.75) is 45.6 Å². The van der Waals surface area contributed by atoms with Crippen molar-refractivity contribution in [1.29, 1.82) is 0 Å². The van der Waals surface area contributed by atoms with Gasteiger partial charge in [-0.25, -0.2) is 9.97 Å². The number of hydrogen-bond donors (Lipinski definition) is 0. The van der Waals surface area contributed by atoms with Crippen molar-refractivity contribution in [3.63, 3.8) is 0 Å². The van der Waals surface area contributed by atoms with Gasteiger partial charge in [-0.1, -0.05) is 13.3 Å². The number of fused-ring (bicyclic) bond motifs is 1. The average molecular weight is 278 g/mol. The molecule has 1 aliphatic rings. The Morgan fingerprint density at radius 3 is 3.05 bits per heavy atom. The maximum absolute atomic E-state index is 5.92. The van der Waals surface area contributed by atoms with Crippen LogP contribution < -0.4 is 0 Å². The van der Waals surface area contributed by atoms with Gasteiger partial charge in [-0.05, 0) is 37.3 Å². The van der Waals surface area contributed by atoms with Crippen molar-refractivity contribution in [3.8, 4) is 0 Å². The molecule has 1 saturated carbocycles. The highest BCUT2D eigenvalue weighted by molar-refractivity contribution is 6.17. The molecule has 2 aromatic rings. The molecular formula is C15H20ClN3. The van der Waals surface area contributed by atoms with Crippen molar-refractivity contribution in [2.24, 2.45) is 5.92 Å². The monoisotopic (exact) mass is 277 g/mol. The summed E-state index contributed by atoms with van der Waals surface area (Å²) in [6.45, 7) is 4.35. The van der Waals surface area contributed by atoms with Gasteiger partial charge in [-0.2, -0.15) is 0 Å². The number of hydrogen-bond acceptors (Lipinski definition) is 2. The highest BCUT2D eigenvalue weighted by Crippen LogP contribution is 2.48. The lowest BCUT2D eigenvalue weighted by Crippen LogP contribution is -2.04. The van der Waals surface area contributed by atoms with Crippen LogP contribution in [0.15, 0.2) is 12.3 Å². The summed E-state index contributed by atoms with van der Waals surface area (Å²) < 4.78 is 2.35. The van der Waals surface area contributed by atoms with Gasteiger partial charge in [0, 0.05) is 24.5 Å². The molecule has 1 fully saturated rings. The molecule has 2 aromatic heterocycles. The predicted octanol–water partition coefficient (Wildman–Crippen LogP) is 3.88. The number of alkyl halides is 1. The SMILES string of the molecule is CCCC1CC1n1c(CCCl)nc2c(C)ccnc21. The average Bonchev–Trinajstić information content (AvgIpc) is 3.03. The highest BCUT2D eigenvalue weighted by atomic mass is 35.5. The molecule has 1 aliphatic carbocycles. The summed E-state index contributed by atoms with van der Waals surface area (Å²) in [5.41, 5.74) is 3.29. The standard InChI is InChI=1S/C15H20ClN3/c1-3-4-11-9-12(11)19-13(5-7-16)18-14-10(2)6-8-17-15(14)19/h6,8,11-12H,3-5,7,9H2,1-2H3. The second-order valence-corrected chi connectivity index (χ2v) is 5.87. The maximum Gasteiger partial charge on any atom is 0.160 e. The van der Waals surface area contributed by atoms with E-state index in [1.54, 1.807) is 0 Å². The van der Waals surface area contributed by atoms with Gasteiger partial charge < -0.3 is 4.57 Å². The Hall–Kier alpha value is -1.09. The molecule has 3 nitrogen and oxygen atoms in total. The number of halogens is 1. The Kier molecular flexibility index (Phi) is 3.48. The number of aryl methyl sites for hydroxylation is 2. The van der Waals surface area contributed by atoms with Gasteiger partial charge in [0.1, 0.15) is 11.3 Å². The molecule has 0 aromatic carbocycles. The Morgan fingerprint density at radius 1 is 1.47 bits per heavy atom. The van der Waals surface area contributed by atoms with Crippen molar-refractivity contribution < 1.29 is 0 Å². The van der Waals surface area contributed by atoms with Crippen LogP contribution in [0.25, 0.3) is 11.2 Å². The number of nitrogens with zero attached hydrogens (tertiary/aromatic N) is 3. The Labute approximate surface area is 119 Å². The van der Waals surface area contributed by atoms with Crippen LogP contribution in [0.5, 0.6) is 0 Å². The highest BCUT2D eigenvalue weighted by Gasteiger charge is 2.40. The third-order valence-electron chi connectivity index (χ3n) is 4.05. The van der Waals surface area contributed by atoms with E-state index in [1.165, 1.54) is 24.8 Å². The third kappa shape index (κ3) is 2.25. The van der Waals surface area contributed by atoms with Crippen LogP contribution in [0.1, 0.15) is 43.6 Å². The van der Waals surface area contributed by atoms with E-state index in [2.05, 4.69) is 23.4 Å². The molecule has 0 aliphatic heterocycles. The van der Waals surface area contributed by atoms with Gasteiger partial charge in [-0.3, -0.25) is 0 Å². The summed E-state index contributed by atoms with van der Waals surface area (Å²) in [5, 5.41) is 0. The van der Waals surface area contributed by atoms with Crippen LogP contribution in [0.4, 0.5) is 0 Å². The molecule has 19 heavy (non-hydrogen) atoms. The summed E-state index contributed by atoms with van der Waals surface area (Å²) >= 11 is 5.92. The Bertz CT molecular complexity index is 590. The second-order valence-electron chi connectivity index (χ2n) is 5.49.